The Balaban J connectivity index is 1.93. The van der Waals surface area contributed by atoms with Crippen molar-refractivity contribution in [3.8, 4) is 17.2 Å². The van der Waals surface area contributed by atoms with Crippen molar-refractivity contribution < 1.29 is 24.1 Å². The zero-order valence-electron chi connectivity index (χ0n) is 15.1. The van der Waals surface area contributed by atoms with Gasteiger partial charge < -0.3 is 19.3 Å². The molecular weight excluding hydrogens is 332 g/mol. The van der Waals surface area contributed by atoms with Crippen molar-refractivity contribution in [1.82, 2.24) is 0 Å². The first kappa shape index (κ1) is 16.8. The van der Waals surface area contributed by atoms with Gasteiger partial charge in [0.05, 0.1) is 13.2 Å². The van der Waals surface area contributed by atoms with Crippen LogP contribution in [-0.4, -0.2) is 29.9 Å². The Labute approximate surface area is 152 Å². The van der Waals surface area contributed by atoms with Crippen molar-refractivity contribution in [1.29, 1.82) is 0 Å². The molecule has 0 amide bonds. The number of carbonyl (C=O) groups excluding carboxylic acids is 1. The van der Waals surface area contributed by atoms with E-state index in [1.54, 1.807) is 19.1 Å². The lowest BCUT2D eigenvalue weighted by molar-refractivity contribution is -0.0144. The van der Waals surface area contributed by atoms with E-state index in [0.717, 1.165) is 11.3 Å². The Bertz CT molecular complexity index is 871. The van der Waals surface area contributed by atoms with Crippen molar-refractivity contribution in [3.63, 3.8) is 0 Å². The SMILES string of the molecule is CCOC(=O)c1ccc2c(c1O)[C@H]1c3ccccc3OC[C@H]1C(C)(C)O2. The third kappa shape index (κ3) is 2.42. The fraction of sp³-hybridized carbons (Fsp3) is 0.381. The minimum atomic E-state index is -0.533. The summed E-state index contributed by atoms with van der Waals surface area (Å²) in [6.07, 6.45) is 0. The number of phenolic OH excluding ortho intramolecular Hbond substituents is 1. The quantitative estimate of drug-likeness (QED) is 0.829. The number of phenols is 1. The molecule has 0 fully saturated rings. The molecule has 0 aliphatic carbocycles. The van der Waals surface area contributed by atoms with Crippen LogP contribution in [0.1, 0.15) is 48.2 Å². The van der Waals surface area contributed by atoms with Gasteiger partial charge in [-0.2, -0.15) is 0 Å². The van der Waals surface area contributed by atoms with Gasteiger partial charge in [-0.3, -0.25) is 0 Å². The molecule has 0 radical (unpaired) electrons. The topological polar surface area (TPSA) is 65.0 Å². The maximum absolute atomic E-state index is 12.2. The van der Waals surface area contributed by atoms with Gasteiger partial charge in [0.2, 0.25) is 0 Å². The van der Waals surface area contributed by atoms with Crippen LogP contribution in [0.2, 0.25) is 0 Å². The number of rotatable bonds is 2. The molecular formula is C21H22O5. The third-order valence-corrected chi connectivity index (χ3v) is 5.32. The van der Waals surface area contributed by atoms with Crippen LogP contribution in [0.5, 0.6) is 17.2 Å². The van der Waals surface area contributed by atoms with Gasteiger partial charge in [-0.05, 0) is 39.0 Å². The number of benzene rings is 2. The van der Waals surface area contributed by atoms with Gasteiger partial charge in [-0.15, -0.1) is 0 Å². The third-order valence-electron chi connectivity index (χ3n) is 5.32. The van der Waals surface area contributed by atoms with Crippen molar-refractivity contribution in [2.24, 2.45) is 5.92 Å². The predicted octanol–water partition coefficient (Wildman–Crippen LogP) is 3.88. The molecule has 136 valence electrons. The minimum absolute atomic E-state index is 0.00763. The van der Waals surface area contributed by atoms with Gasteiger partial charge in [0, 0.05) is 23.0 Å². The highest BCUT2D eigenvalue weighted by Gasteiger charge is 2.49. The zero-order chi connectivity index (χ0) is 18.5. The monoisotopic (exact) mass is 354 g/mol. The molecule has 5 nitrogen and oxygen atoms in total. The van der Waals surface area contributed by atoms with Crippen molar-refractivity contribution in [3.05, 3.63) is 53.1 Å². The fourth-order valence-electron chi connectivity index (χ4n) is 4.03. The number of fused-ring (bicyclic) bond motifs is 5. The summed E-state index contributed by atoms with van der Waals surface area (Å²) in [5.41, 5.74) is 1.33. The molecule has 2 atom stereocenters. The average molecular weight is 354 g/mol. The number of hydrogen-bond acceptors (Lipinski definition) is 5. The number of ether oxygens (including phenoxy) is 3. The van der Waals surface area contributed by atoms with Crippen LogP contribution < -0.4 is 9.47 Å². The first-order valence-electron chi connectivity index (χ1n) is 8.87. The number of hydrogen-bond donors (Lipinski definition) is 1. The second kappa shape index (κ2) is 5.94. The summed E-state index contributed by atoms with van der Waals surface area (Å²) in [7, 11) is 0. The molecule has 2 heterocycles. The van der Waals surface area contributed by atoms with Gasteiger partial charge in [0.25, 0.3) is 0 Å². The number of carbonyl (C=O) groups is 1. The molecule has 4 rings (SSSR count). The van der Waals surface area contributed by atoms with Crippen molar-refractivity contribution in [2.45, 2.75) is 32.3 Å². The van der Waals surface area contributed by atoms with Crippen LogP contribution in [0.4, 0.5) is 0 Å². The van der Waals surface area contributed by atoms with Crippen molar-refractivity contribution in [2.75, 3.05) is 13.2 Å². The largest absolute Gasteiger partial charge is 0.507 e. The lowest BCUT2D eigenvalue weighted by Gasteiger charge is -2.47. The first-order chi connectivity index (χ1) is 12.4. The lowest BCUT2D eigenvalue weighted by Crippen LogP contribution is -2.49. The second-order valence-corrected chi connectivity index (χ2v) is 7.23. The summed E-state index contributed by atoms with van der Waals surface area (Å²) >= 11 is 0. The Kier molecular flexibility index (Phi) is 3.83. The van der Waals surface area contributed by atoms with Crippen molar-refractivity contribution >= 4 is 5.97 Å². The molecule has 26 heavy (non-hydrogen) atoms. The summed E-state index contributed by atoms with van der Waals surface area (Å²) in [5, 5.41) is 10.9. The van der Waals surface area contributed by atoms with Gasteiger partial charge in [0.1, 0.15) is 28.4 Å². The highest BCUT2D eigenvalue weighted by atomic mass is 16.5. The molecule has 0 unspecified atom stereocenters. The van der Waals surface area contributed by atoms with Crippen LogP contribution >= 0.6 is 0 Å². The standard InChI is InChI=1S/C21H22O5/c1-4-24-20(23)13-9-10-16-18(19(13)22)17-12-7-5-6-8-15(12)25-11-14(17)21(2,3)26-16/h5-10,14,17,22H,4,11H2,1-3H3/t14-,17+/m1/s1. The Morgan fingerprint density at radius 2 is 2.00 bits per heavy atom. The molecule has 0 aromatic heterocycles. The van der Waals surface area contributed by atoms with Crippen LogP contribution in [0.3, 0.4) is 0 Å². The normalized spacial score (nSPS) is 22.1. The molecule has 1 N–H and O–H groups in total. The second-order valence-electron chi connectivity index (χ2n) is 7.23. The van der Waals surface area contributed by atoms with E-state index in [-0.39, 0.29) is 29.8 Å². The summed E-state index contributed by atoms with van der Waals surface area (Å²) in [6.45, 7) is 6.53. The van der Waals surface area contributed by atoms with E-state index in [4.69, 9.17) is 14.2 Å². The van der Waals surface area contributed by atoms with E-state index in [1.165, 1.54) is 0 Å². The molecule has 2 aromatic rings. The van der Waals surface area contributed by atoms with E-state index in [0.29, 0.717) is 17.9 Å². The first-order valence-corrected chi connectivity index (χ1v) is 8.87. The van der Waals surface area contributed by atoms with E-state index in [1.807, 2.05) is 38.1 Å². The molecule has 0 saturated heterocycles. The van der Waals surface area contributed by atoms with Gasteiger partial charge >= 0.3 is 5.97 Å². The van der Waals surface area contributed by atoms with Gasteiger partial charge in [-0.1, -0.05) is 18.2 Å². The molecule has 0 saturated carbocycles. The summed E-state index contributed by atoms with van der Waals surface area (Å²) < 4.78 is 17.2. The van der Waals surface area contributed by atoms with Crippen LogP contribution in [0.25, 0.3) is 0 Å². The molecule has 2 aliphatic heterocycles. The number of para-hydroxylation sites is 1. The lowest BCUT2D eigenvalue weighted by atomic mass is 9.69. The van der Waals surface area contributed by atoms with E-state index in [2.05, 4.69) is 0 Å². The average Bonchev–Trinajstić information content (AvgIpc) is 2.61. The highest BCUT2D eigenvalue weighted by molar-refractivity contribution is 5.93. The summed E-state index contributed by atoms with van der Waals surface area (Å²) in [4.78, 5) is 12.2. The number of esters is 1. The van der Waals surface area contributed by atoms with E-state index < -0.39 is 11.6 Å². The molecule has 2 aromatic carbocycles. The molecule has 2 aliphatic rings. The maximum atomic E-state index is 12.2. The van der Waals surface area contributed by atoms with Crippen LogP contribution in [0.15, 0.2) is 36.4 Å². The van der Waals surface area contributed by atoms with Gasteiger partial charge in [0.15, 0.2) is 0 Å². The fourth-order valence-corrected chi connectivity index (χ4v) is 4.03. The van der Waals surface area contributed by atoms with Gasteiger partial charge in [-0.25, -0.2) is 4.79 Å². The zero-order valence-corrected chi connectivity index (χ0v) is 15.1. The van der Waals surface area contributed by atoms with Crippen LogP contribution in [0, 0.1) is 5.92 Å². The Morgan fingerprint density at radius 3 is 2.77 bits per heavy atom. The Hall–Kier alpha value is -2.69. The summed E-state index contributed by atoms with van der Waals surface area (Å²) in [6, 6.07) is 11.1. The van der Waals surface area contributed by atoms with Crippen LogP contribution in [-0.2, 0) is 4.74 Å². The van der Waals surface area contributed by atoms with E-state index in [9.17, 15) is 9.90 Å². The smallest absolute Gasteiger partial charge is 0.341 e. The highest BCUT2D eigenvalue weighted by Crippen LogP contribution is 2.55. The number of aromatic hydroxyl groups is 1. The molecule has 0 spiro atoms. The van der Waals surface area contributed by atoms with E-state index >= 15 is 0 Å². The predicted molar refractivity (Wildman–Crippen MR) is 96.0 cm³/mol. The summed E-state index contributed by atoms with van der Waals surface area (Å²) in [5.74, 6) is 0.691. The molecule has 0 bridgehead atoms. The minimum Gasteiger partial charge on any atom is -0.507 e. The molecule has 5 heteroatoms. The Morgan fingerprint density at radius 1 is 1.23 bits per heavy atom. The maximum Gasteiger partial charge on any atom is 0.341 e.